The molecule has 1 heterocycles. The van der Waals surface area contributed by atoms with Crippen molar-refractivity contribution in [3.05, 3.63) is 29.8 Å². The molecule has 0 radical (unpaired) electrons. The number of benzene rings is 1. The van der Waals surface area contributed by atoms with Crippen molar-refractivity contribution in [2.24, 2.45) is 11.8 Å². The maximum atomic E-state index is 12.2. The molecule has 24 heavy (non-hydrogen) atoms. The summed E-state index contributed by atoms with van der Waals surface area (Å²) in [5.74, 6) is -1.27. The molecule has 2 N–H and O–H groups in total. The molecule has 0 aromatic heterocycles. The quantitative estimate of drug-likeness (QED) is 0.862. The Morgan fingerprint density at radius 2 is 2.00 bits per heavy atom. The van der Waals surface area contributed by atoms with Crippen LogP contribution in [0.5, 0.6) is 5.75 Å². The number of hydrogen-bond donors (Lipinski definition) is 2. The van der Waals surface area contributed by atoms with Crippen molar-refractivity contribution >= 4 is 12.0 Å². The third kappa shape index (κ3) is 5.07. The van der Waals surface area contributed by atoms with Crippen molar-refractivity contribution in [1.29, 1.82) is 0 Å². The number of likely N-dealkylation sites (tertiary alicyclic amines) is 1. The van der Waals surface area contributed by atoms with Crippen LogP contribution >= 0.6 is 0 Å². The second-order valence-electron chi connectivity index (χ2n) is 5.96. The Labute approximate surface area is 138 Å². The van der Waals surface area contributed by atoms with Crippen molar-refractivity contribution < 1.29 is 28.2 Å². The summed E-state index contributed by atoms with van der Waals surface area (Å²) in [6.07, 6.45) is 0.560. The number of carboxylic acids is 1. The molecule has 1 aromatic carbocycles. The second kappa shape index (κ2) is 7.94. The highest BCUT2D eigenvalue weighted by molar-refractivity contribution is 5.76. The van der Waals surface area contributed by atoms with Crippen LogP contribution in [0.1, 0.15) is 18.9 Å². The first-order valence-electron chi connectivity index (χ1n) is 7.64. The Morgan fingerprint density at radius 3 is 2.58 bits per heavy atom. The van der Waals surface area contributed by atoms with Crippen LogP contribution in [0, 0.1) is 11.8 Å². The third-order valence-corrected chi connectivity index (χ3v) is 3.89. The van der Waals surface area contributed by atoms with E-state index in [2.05, 4.69) is 10.1 Å². The van der Waals surface area contributed by atoms with E-state index >= 15 is 0 Å². The number of nitrogens with zero attached hydrogens (tertiary/aromatic N) is 1. The average molecular weight is 342 g/mol. The van der Waals surface area contributed by atoms with Gasteiger partial charge in [-0.2, -0.15) is 8.78 Å². The molecule has 0 aliphatic carbocycles. The zero-order valence-electron chi connectivity index (χ0n) is 13.2. The number of amides is 2. The molecular weight excluding hydrogens is 322 g/mol. The molecule has 1 saturated heterocycles. The van der Waals surface area contributed by atoms with Crippen molar-refractivity contribution in [2.45, 2.75) is 26.5 Å². The minimum Gasteiger partial charge on any atom is -0.481 e. The SMILES string of the molecule is CC1CC(C(=O)O)CN(C(=O)NCc2ccc(OC(F)F)cc2)C1. The first-order chi connectivity index (χ1) is 11.3. The number of nitrogens with one attached hydrogen (secondary N) is 1. The van der Waals surface area contributed by atoms with Gasteiger partial charge < -0.3 is 20.1 Å². The van der Waals surface area contributed by atoms with Crippen LogP contribution in [-0.2, 0) is 11.3 Å². The summed E-state index contributed by atoms with van der Waals surface area (Å²) in [7, 11) is 0. The van der Waals surface area contributed by atoms with Crippen LogP contribution in [0.15, 0.2) is 24.3 Å². The van der Waals surface area contributed by atoms with E-state index in [9.17, 15) is 18.4 Å². The van der Waals surface area contributed by atoms with Crippen LogP contribution in [0.2, 0.25) is 0 Å². The monoisotopic (exact) mass is 342 g/mol. The number of rotatable bonds is 5. The highest BCUT2D eigenvalue weighted by Gasteiger charge is 2.31. The molecular formula is C16H20F2N2O4. The molecule has 1 aliphatic heterocycles. The van der Waals surface area contributed by atoms with Gasteiger partial charge in [0.2, 0.25) is 0 Å². The fourth-order valence-electron chi connectivity index (χ4n) is 2.77. The minimum absolute atomic E-state index is 0.0502. The summed E-state index contributed by atoms with van der Waals surface area (Å²) in [5, 5.41) is 11.8. The number of carbonyl (C=O) groups is 2. The number of aliphatic carboxylic acids is 1. The third-order valence-electron chi connectivity index (χ3n) is 3.89. The summed E-state index contributed by atoms with van der Waals surface area (Å²) >= 11 is 0. The Balaban J connectivity index is 1.87. The van der Waals surface area contributed by atoms with Crippen LogP contribution < -0.4 is 10.1 Å². The lowest BCUT2D eigenvalue weighted by Crippen LogP contribution is -2.49. The summed E-state index contributed by atoms with van der Waals surface area (Å²) in [5.41, 5.74) is 0.727. The lowest BCUT2D eigenvalue weighted by molar-refractivity contribution is -0.143. The van der Waals surface area contributed by atoms with E-state index in [-0.39, 0.29) is 30.8 Å². The Hall–Kier alpha value is -2.38. The molecule has 132 valence electrons. The van der Waals surface area contributed by atoms with Gasteiger partial charge in [0.15, 0.2) is 0 Å². The van der Waals surface area contributed by atoms with Crippen LogP contribution in [0.3, 0.4) is 0 Å². The van der Waals surface area contributed by atoms with Gasteiger partial charge in [0.05, 0.1) is 5.92 Å². The van der Waals surface area contributed by atoms with Crippen molar-refractivity contribution in [3.8, 4) is 5.75 Å². The molecule has 2 unspecified atom stereocenters. The van der Waals surface area contributed by atoms with E-state index in [1.54, 1.807) is 12.1 Å². The van der Waals surface area contributed by atoms with E-state index in [4.69, 9.17) is 5.11 Å². The standard InChI is InChI=1S/C16H20F2N2O4/c1-10-6-12(14(21)22)9-20(8-10)16(23)19-7-11-2-4-13(5-3-11)24-15(17)18/h2-5,10,12,15H,6-9H2,1H3,(H,19,23)(H,21,22). The van der Waals surface area contributed by atoms with Gasteiger partial charge in [-0.05, 0) is 30.0 Å². The summed E-state index contributed by atoms with van der Waals surface area (Å²) in [6.45, 7) is -0.0458. The van der Waals surface area contributed by atoms with Crippen LogP contribution in [-0.4, -0.2) is 41.7 Å². The van der Waals surface area contributed by atoms with Gasteiger partial charge in [0.1, 0.15) is 5.75 Å². The van der Waals surface area contributed by atoms with E-state index in [0.717, 1.165) is 5.56 Å². The van der Waals surface area contributed by atoms with Crippen molar-refractivity contribution in [3.63, 3.8) is 0 Å². The highest BCUT2D eigenvalue weighted by atomic mass is 19.3. The number of urea groups is 1. The topological polar surface area (TPSA) is 78.9 Å². The lowest BCUT2D eigenvalue weighted by atomic mass is 9.91. The molecule has 1 aromatic rings. The Kier molecular flexibility index (Phi) is 5.94. The highest BCUT2D eigenvalue weighted by Crippen LogP contribution is 2.22. The number of halogens is 2. The summed E-state index contributed by atoms with van der Waals surface area (Å²) in [4.78, 5) is 24.8. The smallest absolute Gasteiger partial charge is 0.387 e. The molecule has 0 saturated carbocycles. The van der Waals surface area contributed by atoms with E-state index in [1.165, 1.54) is 17.0 Å². The summed E-state index contributed by atoms with van der Waals surface area (Å²) in [6, 6.07) is 5.63. The van der Waals surface area contributed by atoms with Gasteiger partial charge in [-0.25, -0.2) is 4.79 Å². The fourth-order valence-corrected chi connectivity index (χ4v) is 2.77. The molecule has 2 rings (SSSR count). The second-order valence-corrected chi connectivity index (χ2v) is 5.96. The predicted molar refractivity (Wildman–Crippen MR) is 81.8 cm³/mol. The molecule has 1 aliphatic rings. The molecule has 0 bridgehead atoms. The first kappa shape index (κ1) is 18.0. The minimum atomic E-state index is -2.88. The number of hydrogen-bond acceptors (Lipinski definition) is 3. The average Bonchev–Trinajstić information content (AvgIpc) is 2.52. The van der Waals surface area contributed by atoms with E-state index in [0.29, 0.717) is 13.0 Å². The first-order valence-corrected chi connectivity index (χ1v) is 7.64. The van der Waals surface area contributed by atoms with Gasteiger partial charge in [-0.1, -0.05) is 19.1 Å². The number of ether oxygens (including phenoxy) is 1. The maximum absolute atomic E-state index is 12.2. The van der Waals surface area contributed by atoms with Crippen molar-refractivity contribution in [1.82, 2.24) is 10.2 Å². The van der Waals surface area contributed by atoms with Crippen molar-refractivity contribution in [2.75, 3.05) is 13.1 Å². The molecule has 0 spiro atoms. The van der Waals surface area contributed by atoms with E-state index < -0.39 is 18.5 Å². The Bertz CT molecular complexity index is 580. The lowest BCUT2D eigenvalue weighted by Gasteiger charge is -2.34. The molecule has 6 nitrogen and oxygen atoms in total. The normalized spacial score (nSPS) is 20.8. The maximum Gasteiger partial charge on any atom is 0.387 e. The van der Waals surface area contributed by atoms with Gasteiger partial charge in [-0.15, -0.1) is 0 Å². The number of piperidine rings is 1. The largest absolute Gasteiger partial charge is 0.481 e. The van der Waals surface area contributed by atoms with Gasteiger partial charge in [0.25, 0.3) is 0 Å². The van der Waals surface area contributed by atoms with Gasteiger partial charge >= 0.3 is 18.6 Å². The number of alkyl halides is 2. The summed E-state index contributed by atoms with van der Waals surface area (Å²) < 4.78 is 28.4. The zero-order valence-corrected chi connectivity index (χ0v) is 13.2. The van der Waals surface area contributed by atoms with Gasteiger partial charge in [-0.3, -0.25) is 4.79 Å². The van der Waals surface area contributed by atoms with E-state index in [1.807, 2.05) is 6.92 Å². The molecule has 8 heteroatoms. The molecule has 1 fully saturated rings. The fraction of sp³-hybridized carbons (Fsp3) is 0.500. The number of carboxylic acid groups (broad SMARTS) is 1. The van der Waals surface area contributed by atoms with Gasteiger partial charge in [0, 0.05) is 19.6 Å². The van der Waals surface area contributed by atoms with Crippen LogP contribution in [0.25, 0.3) is 0 Å². The zero-order chi connectivity index (χ0) is 17.7. The predicted octanol–water partition coefficient (Wildman–Crippen LogP) is 2.54. The Morgan fingerprint density at radius 1 is 1.33 bits per heavy atom. The molecule has 2 amide bonds. The van der Waals surface area contributed by atoms with Crippen LogP contribution in [0.4, 0.5) is 13.6 Å². The number of carbonyl (C=O) groups excluding carboxylic acids is 1. The molecule has 2 atom stereocenters.